The van der Waals surface area contributed by atoms with E-state index in [0.717, 1.165) is 17.3 Å². The van der Waals surface area contributed by atoms with Crippen LogP contribution in [-0.4, -0.2) is 101 Å². The minimum absolute atomic E-state index is 0.0921. The predicted octanol–water partition coefficient (Wildman–Crippen LogP) is 5.07. The molecule has 6 rings (SSSR count). The lowest BCUT2D eigenvalue weighted by Gasteiger charge is -2.35. The summed E-state index contributed by atoms with van der Waals surface area (Å²) in [4.78, 5) is 68.4. The van der Waals surface area contributed by atoms with Crippen molar-refractivity contribution in [3.63, 3.8) is 0 Å². The number of thioether (sulfide) groups is 1. The fourth-order valence-electron chi connectivity index (χ4n) is 6.61. The first-order valence-electron chi connectivity index (χ1n) is 17.6. The van der Waals surface area contributed by atoms with Crippen molar-refractivity contribution in [3.8, 4) is 11.5 Å². The van der Waals surface area contributed by atoms with Crippen molar-refractivity contribution in [1.29, 1.82) is 0 Å². The highest BCUT2D eigenvalue weighted by Crippen LogP contribution is 2.36. The highest BCUT2D eigenvalue weighted by atomic mass is 32.2. The van der Waals surface area contributed by atoms with Crippen molar-refractivity contribution in [1.82, 2.24) is 19.8 Å². The molecule has 2 saturated heterocycles. The van der Waals surface area contributed by atoms with Crippen LogP contribution in [0.25, 0.3) is 10.9 Å². The summed E-state index contributed by atoms with van der Waals surface area (Å²) in [5.41, 5.74) is 2.27. The summed E-state index contributed by atoms with van der Waals surface area (Å²) < 4.78 is 11.1. The zero-order valence-corrected chi connectivity index (χ0v) is 30.6. The standard InChI is InChI=1S/C39H44N6O6S/c1-26(25-52-38(49)28-13-8-5-9-14-28)37(48)45-18-10-15-31(45)36(47)41-35-29-23-32(50-2)33(51-3)24-30(29)40-39(42-35)44-21-19-43(20-22-44)34(46)17-16-27-11-6-4-7-12-27/h4-9,11-14,23-24,26,31H,10,15-22,25H2,1-3H3,(H,40,41,42,47). The first kappa shape index (κ1) is 36.6. The number of carbonyl (C=O) groups is 4. The van der Waals surface area contributed by atoms with E-state index < -0.39 is 12.0 Å². The zero-order chi connectivity index (χ0) is 36.6. The Morgan fingerprint density at radius 2 is 1.56 bits per heavy atom. The molecule has 0 saturated carbocycles. The Morgan fingerprint density at radius 1 is 0.885 bits per heavy atom. The Bertz CT molecular complexity index is 1900. The Hall–Kier alpha value is -5.17. The monoisotopic (exact) mass is 724 g/mol. The smallest absolute Gasteiger partial charge is 0.248 e. The van der Waals surface area contributed by atoms with Gasteiger partial charge in [-0.05, 0) is 30.9 Å². The molecule has 0 spiro atoms. The van der Waals surface area contributed by atoms with Crippen LogP contribution in [0.2, 0.25) is 0 Å². The number of aromatic nitrogens is 2. The van der Waals surface area contributed by atoms with Gasteiger partial charge in [0.2, 0.25) is 28.8 Å². The summed E-state index contributed by atoms with van der Waals surface area (Å²) in [5, 5.41) is 3.49. The number of likely N-dealkylation sites (tertiary alicyclic amines) is 1. The maximum atomic E-state index is 14.0. The predicted molar refractivity (Wildman–Crippen MR) is 202 cm³/mol. The number of amides is 3. The maximum Gasteiger partial charge on any atom is 0.248 e. The number of ether oxygens (including phenoxy) is 2. The number of anilines is 2. The molecule has 13 heteroatoms. The molecule has 1 N–H and O–H groups in total. The van der Waals surface area contributed by atoms with Gasteiger partial charge in [0.1, 0.15) is 11.9 Å². The maximum absolute atomic E-state index is 14.0. The van der Waals surface area contributed by atoms with Crippen LogP contribution in [0.1, 0.15) is 42.1 Å². The van der Waals surface area contributed by atoms with Gasteiger partial charge in [-0.25, -0.2) is 4.98 Å². The molecule has 3 heterocycles. The lowest BCUT2D eigenvalue weighted by Crippen LogP contribution is -2.49. The van der Waals surface area contributed by atoms with Crippen molar-refractivity contribution in [2.45, 2.75) is 38.6 Å². The van der Waals surface area contributed by atoms with Gasteiger partial charge >= 0.3 is 0 Å². The Balaban J connectivity index is 1.16. The van der Waals surface area contributed by atoms with Crippen LogP contribution in [0, 0.1) is 5.92 Å². The number of benzene rings is 3. The molecule has 0 bridgehead atoms. The summed E-state index contributed by atoms with van der Waals surface area (Å²) in [6, 6.07) is 21.8. The number of piperazine rings is 1. The van der Waals surface area contributed by atoms with Gasteiger partial charge in [-0.2, -0.15) is 4.98 Å². The van der Waals surface area contributed by atoms with Crippen molar-refractivity contribution in [2.75, 3.05) is 62.9 Å². The number of hydrogen-bond acceptors (Lipinski definition) is 10. The highest BCUT2D eigenvalue weighted by Gasteiger charge is 2.37. The van der Waals surface area contributed by atoms with Gasteiger partial charge in [-0.1, -0.05) is 79.3 Å². The third-order valence-corrected chi connectivity index (χ3v) is 10.7. The number of nitrogens with one attached hydrogen (secondary N) is 1. The fraction of sp³-hybridized carbons (Fsp3) is 0.385. The number of rotatable bonds is 12. The van der Waals surface area contributed by atoms with Crippen LogP contribution in [0.4, 0.5) is 11.8 Å². The SMILES string of the molecule is COc1cc2nc(N3CCN(C(=O)CCc4ccccc4)CC3)nc(NC(=O)C3CCCN3C(=O)C(C)CSC(=O)c3ccccc3)c2cc1OC. The quantitative estimate of drug-likeness (QED) is 0.211. The normalized spacial score (nSPS) is 16.4. The number of aryl methyl sites for hydroxylation is 1. The molecule has 3 amide bonds. The second-order valence-corrected chi connectivity index (χ2v) is 14.0. The molecule has 272 valence electrons. The minimum Gasteiger partial charge on any atom is -0.493 e. The van der Waals surface area contributed by atoms with Gasteiger partial charge in [-0.3, -0.25) is 19.2 Å². The van der Waals surface area contributed by atoms with E-state index in [4.69, 9.17) is 19.4 Å². The lowest BCUT2D eigenvalue weighted by molar-refractivity contribution is -0.139. The van der Waals surface area contributed by atoms with Crippen LogP contribution in [-0.2, 0) is 20.8 Å². The number of carbonyl (C=O) groups excluding carboxylic acids is 4. The molecule has 2 unspecified atom stereocenters. The van der Waals surface area contributed by atoms with Gasteiger partial charge in [0.15, 0.2) is 11.5 Å². The van der Waals surface area contributed by atoms with E-state index in [-0.39, 0.29) is 22.8 Å². The zero-order valence-electron chi connectivity index (χ0n) is 29.7. The Morgan fingerprint density at radius 3 is 2.25 bits per heavy atom. The van der Waals surface area contributed by atoms with E-state index in [1.165, 1.54) is 7.11 Å². The molecule has 2 fully saturated rings. The number of nitrogens with zero attached hydrogens (tertiary/aromatic N) is 5. The molecule has 12 nitrogen and oxygen atoms in total. The van der Waals surface area contributed by atoms with Crippen molar-refractivity contribution >= 4 is 57.3 Å². The second kappa shape index (κ2) is 16.9. The van der Waals surface area contributed by atoms with Crippen molar-refractivity contribution in [2.24, 2.45) is 5.92 Å². The van der Waals surface area contributed by atoms with E-state index in [9.17, 15) is 19.2 Å². The van der Waals surface area contributed by atoms with E-state index in [0.29, 0.717) is 104 Å². The topological polar surface area (TPSA) is 134 Å². The summed E-state index contributed by atoms with van der Waals surface area (Å²) >= 11 is 1.11. The summed E-state index contributed by atoms with van der Waals surface area (Å²) in [7, 11) is 3.08. The van der Waals surface area contributed by atoms with Gasteiger partial charge < -0.3 is 29.5 Å². The van der Waals surface area contributed by atoms with Crippen LogP contribution in [0.5, 0.6) is 11.5 Å². The van der Waals surface area contributed by atoms with E-state index >= 15 is 0 Å². The van der Waals surface area contributed by atoms with Crippen molar-refractivity contribution < 1.29 is 28.7 Å². The first-order chi connectivity index (χ1) is 25.2. The first-order valence-corrected chi connectivity index (χ1v) is 18.6. The Labute approximate surface area is 307 Å². The van der Waals surface area contributed by atoms with Gasteiger partial charge in [0.05, 0.1) is 19.7 Å². The van der Waals surface area contributed by atoms with E-state index in [1.54, 1.807) is 43.2 Å². The molecule has 2 aliphatic heterocycles. The van der Waals surface area contributed by atoms with Gasteiger partial charge in [-0.15, -0.1) is 0 Å². The number of fused-ring (bicyclic) bond motifs is 1. The van der Waals surface area contributed by atoms with E-state index in [2.05, 4.69) is 5.32 Å². The van der Waals surface area contributed by atoms with Crippen molar-refractivity contribution in [3.05, 3.63) is 83.9 Å². The molecule has 2 atom stereocenters. The highest BCUT2D eigenvalue weighted by molar-refractivity contribution is 8.14. The van der Waals surface area contributed by atoms with Crippen LogP contribution < -0.4 is 19.7 Å². The average Bonchev–Trinajstić information content (AvgIpc) is 3.69. The minimum atomic E-state index is -0.691. The molecule has 0 radical (unpaired) electrons. The summed E-state index contributed by atoms with van der Waals surface area (Å²) in [6.45, 7) is 4.34. The third-order valence-electron chi connectivity index (χ3n) is 9.55. The average molecular weight is 725 g/mol. The van der Waals surface area contributed by atoms with Crippen LogP contribution in [0.3, 0.4) is 0 Å². The second-order valence-electron chi connectivity index (χ2n) is 13.0. The lowest BCUT2D eigenvalue weighted by atomic mass is 10.1. The number of methoxy groups -OCH3 is 2. The van der Waals surface area contributed by atoms with Crippen LogP contribution >= 0.6 is 11.8 Å². The summed E-state index contributed by atoms with van der Waals surface area (Å²) in [6.07, 6.45) is 2.33. The molecular formula is C39H44N6O6S. The molecule has 1 aromatic heterocycles. The molecule has 0 aliphatic carbocycles. The molecule has 2 aliphatic rings. The van der Waals surface area contributed by atoms with Crippen LogP contribution in [0.15, 0.2) is 72.8 Å². The van der Waals surface area contributed by atoms with Gasteiger partial charge in [0.25, 0.3) is 0 Å². The largest absolute Gasteiger partial charge is 0.493 e. The molecule has 3 aromatic carbocycles. The molecular weight excluding hydrogens is 681 g/mol. The Kier molecular flexibility index (Phi) is 11.9. The molecule has 52 heavy (non-hydrogen) atoms. The van der Waals surface area contributed by atoms with E-state index in [1.807, 2.05) is 58.3 Å². The summed E-state index contributed by atoms with van der Waals surface area (Å²) in [5.74, 6) is 1.10. The fourth-order valence-corrected chi connectivity index (χ4v) is 7.45. The van der Waals surface area contributed by atoms with Gasteiger partial charge in [0, 0.05) is 67.8 Å². The number of hydrogen-bond donors (Lipinski definition) is 1. The molecule has 4 aromatic rings. The third kappa shape index (κ3) is 8.47.